The van der Waals surface area contributed by atoms with Gasteiger partial charge in [0.15, 0.2) is 11.5 Å². The van der Waals surface area contributed by atoms with Gasteiger partial charge in [0.1, 0.15) is 11.3 Å². The van der Waals surface area contributed by atoms with Crippen molar-refractivity contribution in [1.29, 1.82) is 0 Å². The summed E-state index contributed by atoms with van der Waals surface area (Å²) in [5.74, 6) is 0.322. The lowest BCUT2D eigenvalue weighted by Crippen LogP contribution is -2.29. The van der Waals surface area contributed by atoms with Crippen molar-refractivity contribution in [3.63, 3.8) is 0 Å². The number of imidazole rings is 1. The minimum Gasteiger partial charge on any atom is -0.449 e. The van der Waals surface area contributed by atoms with Crippen LogP contribution in [0.15, 0.2) is 48.8 Å². The zero-order valence-electron chi connectivity index (χ0n) is 12.7. The Labute approximate surface area is 132 Å². The highest BCUT2D eigenvalue weighted by atomic mass is 16.7. The van der Waals surface area contributed by atoms with Crippen molar-refractivity contribution < 1.29 is 14.3 Å². The van der Waals surface area contributed by atoms with Gasteiger partial charge >= 0.3 is 0 Å². The molecule has 3 heterocycles. The van der Waals surface area contributed by atoms with Crippen LogP contribution in [0.25, 0.3) is 5.65 Å². The Kier molecular flexibility index (Phi) is 2.81. The molecule has 1 aliphatic heterocycles. The molecule has 0 aliphatic carbocycles. The molecular weight excluding hydrogens is 294 g/mol. The second-order valence-corrected chi connectivity index (χ2v) is 5.81. The second kappa shape index (κ2) is 4.74. The Morgan fingerprint density at radius 1 is 1.17 bits per heavy atom. The van der Waals surface area contributed by atoms with E-state index in [4.69, 9.17) is 9.47 Å². The summed E-state index contributed by atoms with van der Waals surface area (Å²) < 4.78 is 13.1. The molecule has 1 aliphatic rings. The number of nitrogens with one attached hydrogen (secondary N) is 1. The lowest BCUT2D eigenvalue weighted by Gasteiger charge is -2.16. The smallest absolute Gasteiger partial charge is 0.275 e. The van der Waals surface area contributed by atoms with E-state index in [-0.39, 0.29) is 5.91 Å². The normalized spacial score (nSPS) is 14.9. The van der Waals surface area contributed by atoms with Crippen molar-refractivity contribution in [2.75, 3.05) is 5.32 Å². The first-order valence-corrected chi connectivity index (χ1v) is 7.27. The number of hydrogen-bond acceptors (Lipinski definition) is 4. The minimum absolute atomic E-state index is 0.271. The zero-order chi connectivity index (χ0) is 16.0. The first kappa shape index (κ1) is 13.6. The summed E-state index contributed by atoms with van der Waals surface area (Å²) in [6, 6.07) is 10.9. The number of carbonyl (C=O) groups is 1. The number of nitrogens with zero attached hydrogens (tertiary/aromatic N) is 2. The van der Waals surface area contributed by atoms with Crippen molar-refractivity contribution in [2.45, 2.75) is 19.6 Å². The summed E-state index contributed by atoms with van der Waals surface area (Å²) in [6.07, 6.45) is 3.54. The van der Waals surface area contributed by atoms with Gasteiger partial charge in [0.2, 0.25) is 5.79 Å². The van der Waals surface area contributed by atoms with Crippen molar-refractivity contribution in [3.05, 3.63) is 54.5 Å². The number of rotatable bonds is 2. The largest absolute Gasteiger partial charge is 0.449 e. The maximum absolute atomic E-state index is 12.4. The molecule has 6 nitrogen and oxygen atoms in total. The SMILES string of the molecule is CC1(C)Oc2ccc(NC(=O)c3cn4ccccc4n3)cc2O1. The van der Waals surface area contributed by atoms with Gasteiger partial charge < -0.3 is 19.2 Å². The lowest BCUT2D eigenvalue weighted by atomic mass is 10.2. The van der Waals surface area contributed by atoms with E-state index in [1.54, 1.807) is 28.8 Å². The molecule has 0 radical (unpaired) electrons. The first-order chi connectivity index (χ1) is 11.0. The van der Waals surface area contributed by atoms with E-state index < -0.39 is 5.79 Å². The van der Waals surface area contributed by atoms with E-state index in [0.29, 0.717) is 22.9 Å². The minimum atomic E-state index is -0.688. The molecule has 1 amide bonds. The topological polar surface area (TPSA) is 64.9 Å². The van der Waals surface area contributed by atoms with E-state index >= 15 is 0 Å². The van der Waals surface area contributed by atoms with Gasteiger partial charge in [0.05, 0.1) is 0 Å². The third-order valence-corrected chi connectivity index (χ3v) is 3.51. The molecule has 0 bridgehead atoms. The maximum Gasteiger partial charge on any atom is 0.275 e. The van der Waals surface area contributed by atoms with E-state index in [1.807, 2.05) is 38.2 Å². The van der Waals surface area contributed by atoms with Crippen LogP contribution in [0.5, 0.6) is 11.5 Å². The van der Waals surface area contributed by atoms with Crippen LogP contribution >= 0.6 is 0 Å². The first-order valence-electron chi connectivity index (χ1n) is 7.27. The number of benzene rings is 1. The number of pyridine rings is 1. The molecular formula is C17H15N3O3. The van der Waals surface area contributed by atoms with Crippen LogP contribution in [-0.2, 0) is 0 Å². The molecule has 0 spiro atoms. The number of aromatic nitrogens is 2. The van der Waals surface area contributed by atoms with Crippen LogP contribution in [-0.4, -0.2) is 21.1 Å². The van der Waals surface area contributed by atoms with Gasteiger partial charge in [0, 0.05) is 38.0 Å². The molecule has 2 aromatic heterocycles. The highest BCUT2D eigenvalue weighted by Gasteiger charge is 2.31. The Hall–Kier alpha value is -3.02. The van der Waals surface area contributed by atoms with Crippen LogP contribution in [0, 0.1) is 0 Å². The van der Waals surface area contributed by atoms with Crippen molar-refractivity contribution in [2.24, 2.45) is 0 Å². The Morgan fingerprint density at radius 3 is 2.83 bits per heavy atom. The summed E-state index contributed by atoms with van der Waals surface area (Å²) in [7, 11) is 0. The van der Waals surface area contributed by atoms with Crippen molar-refractivity contribution in [3.8, 4) is 11.5 Å². The average molecular weight is 309 g/mol. The summed E-state index contributed by atoms with van der Waals surface area (Å²) in [5, 5.41) is 2.83. The molecule has 0 saturated heterocycles. The maximum atomic E-state index is 12.4. The molecule has 23 heavy (non-hydrogen) atoms. The molecule has 0 unspecified atom stereocenters. The second-order valence-electron chi connectivity index (χ2n) is 5.81. The fraction of sp³-hybridized carbons (Fsp3) is 0.176. The number of hydrogen-bond donors (Lipinski definition) is 1. The summed E-state index contributed by atoms with van der Waals surface area (Å²) >= 11 is 0. The highest BCUT2D eigenvalue weighted by molar-refractivity contribution is 6.03. The van der Waals surface area contributed by atoms with Crippen LogP contribution < -0.4 is 14.8 Å². The molecule has 1 aromatic carbocycles. The highest BCUT2D eigenvalue weighted by Crippen LogP contribution is 2.40. The van der Waals surface area contributed by atoms with E-state index in [0.717, 1.165) is 5.65 Å². The van der Waals surface area contributed by atoms with E-state index in [2.05, 4.69) is 10.3 Å². The quantitative estimate of drug-likeness (QED) is 0.790. The van der Waals surface area contributed by atoms with Crippen molar-refractivity contribution in [1.82, 2.24) is 9.38 Å². The van der Waals surface area contributed by atoms with Gasteiger partial charge in [-0.15, -0.1) is 0 Å². The third kappa shape index (κ3) is 2.48. The molecule has 4 rings (SSSR count). The third-order valence-electron chi connectivity index (χ3n) is 3.51. The van der Waals surface area contributed by atoms with Gasteiger partial charge in [-0.1, -0.05) is 6.07 Å². The van der Waals surface area contributed by atoms with Crippen LogP contribution in [0.2, 0.25) is 0 Å². The Bertz CT molecular complexity index is 881. The molecule has 0 fully saturated rings. The summed E-state index contributed by atoms with van der Waals surface area (Å²) in [6.45, 7) is 3.67. The van der Waals surface area contributed by atoms with Crippen LogP contribution in [0.4, 0.5) is 5.69 Å². The number of amides is 1. The number of fused-ring (bicyclic) bond motifs is 2. The summed E-state index contributed by atoms with van der Waals surface area (Å²) in [4.78, 5) is 16.7. The van der Waals surface area contributed by atoms with Gasteiger partial charge in [0.25, 0.3) is 5.91 Å². The Morgan fingerprint density at radius 2 is 2.00 bits per heavy atom. The standard InChI is InChI=1S/C17H15N3O3/c1-17(2)22-13-7-6-11(9-14(13)23-17)18-16(21)12-10-20-8-4-3-5-15(20)19-12/h3-10H,1-2H3,(H,18,21). The summed E-state index contributed by atoms with van der Waals surface area (Å²) in [5.41, 5.74) is 1.71. The van der Waals surface area contributed by atoms with Crippen LogP contribution in [0.3, 0.4) is 0 Å². The van der Waals surface area contributed by atoms with Gasteiger partial charge in [-0.2, -0.15) is 0 Å². The fourth-order valence-corrected chi connectivity index (χ4v) is 2.54. The average Bonchev–Trinajstić information content (AvgIpc) is 3.05. The number of ether oxygens (including phenoxy) is 2. The molecule has 116 valence electrons. The lowest BCUT2D eigenvalue weighted by molar-refractivity contribution is -0.0431. The fourth-order valence-electron chi connectivity index (χ4n) is 2.54. The molecule has 0 atom stereocenters. The number of carbonyl (C=O) groups excluding carboxylic acids is 1. The van der Waals surface area contributed by atoms with Gasteiger partial charge in [-0.3, -0.25) is 4.79 Å². The monoisotopic (exact) mass is 309 g/mol. The molecule has 1 N–H and O–H groups in total. The molecule has 0 saturated carbocycles. The molecule has 3 aromatic rings. The number of anilines is 1. The van der Waals surface area contributed by atoms with E-state index in [9.17, 15) is 4.79 Å². The Balaban J connectivity index is 1.57. The predicted molar refractivity (Wildman–Crippen MR) is 84.9 cm³/mol. The predicted octanol–water partition coefficient (Wildman–Crippen LogP) is 3.09. The van der Waals surface area contributed by atoms with Gasteiger partial charge in [-0.25, -0.2) is 4.98 Å². The van der Waals surface area contributed by atoms with Crippen molar-refractivity contribution >= 4 is 17.2 Å². The van der Waals surface area contributed by atoms with Gasteiger partial charge in [-0.05, 0) is 24.3 Å². The van der Waals surface area contributed by atoms with Crippen LogP contribution in [0.1, 0.15) is 24.3 Å². The zero-order valence-corrected chi connectivity index (χ0v) is 12.7. The molecule has 6 heteroatoms. The van der Waals surface area contributed by atoms with E-state index in [1.165, 1.54) is 0 Å².